The van der Waals surface area contributed by atoms with E-state index in [0.717, 1.165) is 85.0 Å². The Labute approximate surface area is 503 Å². The first-order valence-corrected chi connectivity index (χ1v) is 30.2. The van der Waals surface area contributed by atoms with E-state index in [1.165, 1.54) is 130 Å². The molecule has 12 nitrogen and oxygen atoms in total. The zero-order chi connectivity index (χ0) is 62.3. The molecule has 12 heteroatoms. The van der Waals surface area contributed by atoms with Crippen LogP contribution in [0, 0.1) is 96.9 Å². The van der Waals surface area contributed by atoms with E-state index < -0.39 is 0 Å². The first kappa shape index (κ1) is 61.8. The highest BCUT2D eigenvalue weighted by molar-refractivity contribution is 6.25. The molecule has 2 amide bonds. The minimum Gasteiger partial charge on any atom is -0.277 e. The Morgan fingerprint density at radius 1 is 0.318 bits per heavy atom. The van der Waals surface area contributed by atoms with Gasteiger partial charge in [0.15, 0.2) is 0 Å². The normalized spacial score (nSPS) is 17.4. The number of hydrogen-bond acceptors (Lipinski definition) is 11. The number of likely N-dealkylation sites (tertiary alicyclic amines) is 1. The number of aliphatic imine (C=N–C) groups is 1. The van der Waals surface area contributed by atoms with E-state index in [2.05, 4.69) is 176 Å². The quantitative estimate of drug-likeness (QED) is 0.142. The van der Waals surface area contributed by atoms with Crippen LogP contribution in [0.4, 0.5) is 0 Å². The second-order valence-electron chi connectivity index (χ2n) is 25.2. The number of likely N-dealkylation sites (N-methyl/N-ethyl adjacent to an activating group) is 1. The maximum atomic E-state index is 11.6. The second-order valence-corrected chi connectivity index (χ2v) is 25.2. The smallest absolute Gasteiger partial charge is 0.261 e. The number of fused-ring (bicyclic) bond motifs is 10. The van der Waals surface area contributed by atoms with Gasteiger partial charge >= 0.3 is 0 Å². The molecule has 0 N–H and O–H groups in total. The number of aromatic nitrogens is 2. The number of carbonyl (C=O) groups excluding carboxylic acids is 2. The molecule has 4 aliphatic carbocycles. The molecule has 5 aromatic rings. The third-order valence-corrected chi connectivity index (χ3v) is 19.8. The summed E-state index contributed by atoms with van der Waals surface area (Å²) in [5, 5.41) is 8.89. The summed E-state index contributed by atoms with van der Waals surface area (Å²) >= 11 is 0. The molecule has 1 saturated heterocycles. The third-order valence-electron chi connectivity index (χ3n) is 19.8. The Morgan fingerprint density at radius 3 is 1.07 bits per heavy atom. The number of carbonyl (C=O) groups is 2. The number of nitrogens with zero attached hydrogens (tertiary/aromatic N) is 10. The largest absolute Gasteiger partial charge is 0.277 e. The van der Waals surface area contributed by atoms with Gasteiger partial charge in [-0.05, 0) is 280 Å². The van der Waals surface area contributed by atoms with Crippen LogP contribution in [0.3, 0.4) is 0 Å². The molecule has 0 spiro atoms. The van der Waals surface area contributed by atoms with Crippen LogP contribution < -0.4 is 32.1 Å². The number of benzene rings is 4. The van der Waals surface area contributed by atoms with Crippen LogP contribution in [0.15, 0.2) is 113 Å². The molecular formula is C73H88N10O2. The standard InChI is InChI=1S/C16H16N4.C14H18N2.C12H16.C11H14N2.C10H11NO2.C10H13N/c1-7-9(3)13-16(20-5-17-13)12-8(2)10(4)14-15(11(7)12)19-6-18-14;1-7-8(2)10(4)14-13(9(7)3)15-11(5)12(6)16-14;1-7-6-11-8(2)5-9(3)12(11)10(7)4;1-6-7(2)9(4)11-10(8(6)3)12-5-13-11;1-5-4-6(2)8-7(5)9(12)11(3)10(8)13;1-6-4-7(2)10-9(6)5-8(3)11-10/h5-6H2,1-4H3;1-6H3;5-6H2,1-4H3;5H2,1-4H3;4H2,1-3H3;4-5H2,1-3H3. The molecule has 0 unspecified atom stereocenters. The van der Waals surface area contributed by atoms with Crippen molar-refractivity contribution in [3.8, 4) is 0 Å². The van der Waals surface area contributed by atoms with Crippen LogP contribution in [-0.4, -0.2) is 59.4 Å². The Balaban J connectivity index is 0.000000124. The number of amides is 2. The highest BCUT2D eigenvalue weighted by atomic mass is 16.2. The molecule has 442 valence electrons. The van der Waals surface area contributed by atoms with Gasteiger partial charge in [0.2, 0.25) is 0 Å². The van der Waals surface area contributed by atoms with Gasteiger partial charge in [0.25, 0.3) is 11.8 Å². The van der Waals surface area contributed by atoms with E-state index in [1.54, 1.807) is 33.4 Å². The molecule has 6 heterocycles. The van der Waals surface area contributed by atoms with Crippen molar-refractivity contribution in [2.24, 2.45) is 34.9 Å². The van der Waals surface area contributed by atoms with Gasteiger partial charge in [0, 0.05) is 30.0 Å². The molecule has 4 aromatic carbocycles. The summed E-state index contributed by atoms with van der Waals surface area (Å²) in [5.74, 6) is -0.288. The van der Waals surface area contributed by atoms with Crippen LogP contribution in [0.2, 0.25) is 0 Å². The summed E-state index contributed by atoms with van der Waals surface area (Å²) in [6.07, 6.45) is 5.45. The van der Waals surface area contributed by atoms with Crippen LogP contribution in [0.1, 0.15) is 173 Å². The first-order chi connectivity index (χ1) is 40.0. The number of allylic oxidation sites excluding steroid dienone is 11. The van der Waals surface area contributed by atoms with Crippen molar-refractivity contribution < 1.29 is 9.59 Å². The topological polar surface area (TPSA) is 150 Å². The van der Waals surface area contributed by atoms with Crippen molar-refractivity contribution in [3.63, 3.8) is 0 Å². The molecule has 85 heavy (non-hydrogen) atoms. The van der Waals surface area contributed by atoms with Crippen LogP contribution in [0.5, 0.6) is 0 Å². The minimum atomic E-state index is -0.144. The number of hydrogen-bond donors (Lipinski definition) is 0. The van der Waals surface area contributed by atoms with Gasteiger partial charge in [0.05, 0.1) is 71.4 Å². The Morgan fingerprint density at radius 2 is 0.659 bits per heavy atom. The van der Waals surface area contributed by atoms with Crippen LogP contribution >= 0.6 is 0 Å². The maximum Gasteiger partial charge on any atom is 0.261 e. The van der Waals surface area contributed by atoms with Crippen molar-refractivity contribution in [1.82, 2.24) is 14.9 Å². The van der Waals surface area contributed by atoms with Gasteiger partial charge in [-0.25, -0.2) is 9.97 Å². The van der Waals surface area contributed by atoms with E-state index >= 15 is 0 Å². The Kier molecular flexibility index (Phi) is 17.2. The summed E-state index contributed by atoms with van der Waals surface area (Å²) in [5.41, 5.74) is 39.5. The molecule has 5 aliphatic heterocycles. The van der Waals surface area contributed by atoms with Gasteiger partial charge in [-0.15, -0.1) is 0 Å². The average molecular weight is 1140 g/mol. The van der Waals surface area contributed by atoms with Crippen molar-refractivity contribution in [2.75, 3.05) is 27.1 Å². The molecule has 0 saturated carbocycles. The predicted molar refractivity (Wildman–Crippen MR) is 346 cm³/mol. The highest BCUT2D eigenvalue weighted by Crippen LogP contribution is 2.46. The molecule has 9 aliphatic rings. The number of rotatable bonds is 0. The summed E-state index contributed by atoms with van der Waals surface area (Å²) in [6, 6.07) is 0. The van der Waals surface area contributed by atoms with E-state index in [0.29, 0.717) is 31.2 Å². The van der Waals surface area contributed by atoms with E-state index in [4.69, 9.17) is 0 Å². The lowest BCUT2D eigenvalue weighted by Crippen LogP contribution is -2.35. The third kappa shape index (κ3) is 10.7. The Hall–Kier alpha value is -7.73. The van der Waals surface area contributed by atoms with Crippen molar-refractivity contribution in [1.29, 1.82) is 0 Å². The summed E-state index contributed by atoms with van der Waals surface area (Å²) in [6.45, 7) is 50.9. The van der Waals surface area contributed by atoms with Crippen molar-refractivity contribution in [3.05, 3.63) is 188 Å². The van der Waals surface area contributed by atoms with E-state index in [9.17, 15) is 9.59 Å². The Bertz CT molecular complexity index is 4360. The summed E-state index contributed by atoms with van der Waals surface area (Å²) in [7, 11) is 1.53. The summed E-state index contributed by atoms with van der Waals surface area (Å²) < 4.78 is 0. The lowest BCUT2D eigenvalue weighted by Gasteiger charge is -2.13. The molecule has 0 radical (unpaired) electrons. The van der Waals surface area contributed by atoms with Gasteiger partial charge in [-0.2, -0.15) is 0 Å². The molecule has 0 bridgehead atoms. The predicted octanol–water partition coefficient (Wildman–Crippen LogP) is 12.7. The highest BCUT2D eigenvalue weighted by Gasteiger charge is 2.41. The minimum absolute atomic E-state index is 0.144. The fourth-order valence-electron chi connectivity index (χ4n) is 13.6. The average Bonchev–Trinajstić information content (AvgIpc) is 3.68. The molecule has 1 fully saturated rings. The van der Waals surface area contributed by atoms with Gasteiger partial charge in [-0.1, -0.05) is 33.4 Å². The van der Waals surface area contributed by atoms with Crippen LogP contribution in [0.25, 0.3) is 21.8 Å². The molecule has 1 aromatic heterocycles. The second kappa shape index (κ2) is 23.6. The molecule has 14 rings (SSSR count). The van der Waals surface area contributed by atoms with E-state index in [1.807, 2.05) is 27.7 Å². The SMILES string of the molecule is CC1=C(C)C2=C(C)CC(C)=C2C1.CC1=C2C(=O)N(C)C(=O)C2=C(C)C1.CC1=NC2=C(C)CC(C)=C2C1.Cc1c(C)c(C)c2c(c1C)=NCN=2.Cc1c(C)c2c3c(c(C)c(C)c2c2c1=NCN=2)=NCN=3.Cc1nc2c(C)c(C)c(C)c(C)c2nc1C. The lowest BCUT2D eigenvalue weighted by atomic mass is 9.93. The molecule has 0 atom stereocenters. The van der Waals surface area contributed by atoms with Gasteiger partial charge in [0.1, 0.15) is 20.0 Å². The lowest BCUT2D eigenvalue weighted by molar-refractivity contribution is -0.134. The van der Waals surface area contributed by atoms with Gasteiger partial charge in [-0.3, -0.25) is 49.4 Å². The molecular weight excluding hydrogens is 1050 g/mol. The number of aryl methyl sites for hydroxylation is 6. The monoisotopic (exact) mass is 1140 g/mol. The zero-order valence-electron chi connectivity index (χ0n) is 55.4. The van der Waals surface area contributed by atoms with Crippen LogP contribution in [-0.2, 0) is 9.59 Å². The van der Waals surface area contributed by atoms with E-state index in [-0.39, 0.29) is 11.8 Å². The fraction of sp³-hybridized carbons (Fsp3) is 0.438. The fourth-order valence-corrected chi connectivity index (χ4v) is 13.6. The number of imide groups is 1. The first-order valence-electron chi connectivity index (χ1n) is 30.2. The zero-order valence-corrected chi connectivity index (χ0v) is 55.4. The summed E-state index contributed by atoms with van der Waals surface area (Å²) in [4.78, 5) is 65.3. The van der Waals surface area contributed by atoms with Crippen molar-refractivity contribution in [2.45, 2.75) is 191 Å². The van der Waals surface area contributed by atoms with Crippen molar-refractivity contribution >= 4 is 39.3 Å². The van der Waals surface area contributed by atoms with Gasteiger partial charge < -0.3 is 0 Å². The maximum absolute atomic E-state index is 11.6.